The van der Waals surface area contributed by atoms with E-state index in [9.17, 15) is 57.7 Å². The molecule has 0 aromatic rings. The molecule has 0 aliphatic rings. The Balaban J connectivity index is 5.67. The molecule has 1 atom stereocenters. The summed E-state index contributed by atoms with van der Waals surface area (Å²) in [4.78, 5) is 22.8. The minimum Gasteiger partial charge on any atom is -0.743 e. The normalized spacial score (nSPS) is 15.3. The number of carbonyl (C=O) groups is 2. The lowest BCUT2D eigenvalue weighted by atomic mass is 10.2. The molecule has 30 heavy (non-hydrogen) atoms. The summed E-state index contributed by atoms with van der Waals surface area (Å²) in [6.45, 7) is 0.885. The van der Waals surface area contributed by atoms with Crippen LogP contribution in [0.1, 0.15) is 19.8 Å². The van der Waals surface area contributed by atoms with Gasteiger partial charge >= 0.3 is 35.1 Å². The molecule has 0 aliphatic heterocycles. The maximum atomic E-state index is 13.3. The molecule has 0 fully saturated rings. The second kappa shape index (κ2) is 9.42. The van der Waals surface area contributed by atoms with Crippen molar-refractivity contribution in [3.8, 4) is 0 Å². The van der Waals surface area contributed by atoms with Crippen LogP contribution >= 0.6 is 0 Å². The predicted molar refractivity (Wildman–Crippen MR) is 76.5 cm³/mol. The van der Waals surface area contributed by atoms with Gasteiger partial charge in [0.15, 0.2) is 10.1 Å². The van der Waals surface area contributed by atoms with Gasteiger partial charge in [0.1, 0.15) is 0 Å². The van der Waals surface area contributed by atoms with Crippen molar-refractivity contribution in [3.63, 3.8) is 0 Å². The lowest BCUT2D eigenvalue weighted by Crippen LogP contribution is -2.58. The van der Waals surface area contributed by atoms with Gasteiger partial charge in [0.05, 0.1) is 13.2 Å². The van der Waals surface area contributed by atoms with Crippen LogP contribution < -0.4 is 0 Å². The SMILES string of the molecule is C=C(F)C(=O)OC(OCCCC(F)(F)C(F)(F)S(=O)(=O)[O-])(C(=O)OCC)C(F)(F)F. The van der Waals surface area contributed by atoms with E-state index < -0.39 is 77.1 Å². The molecule has 0 saturated heterocycles. The van der Waals surface area contributed by atoms with Gasteiger partial charge in [-0.3, -0.25) is 0 Å². The Morgan fingerprint density at radius 1 is 1.07 bits per heavy atom. The first-order chi connectivity index (χ1) is 13.3. The molecule has 0 radical (unpaired) electrons. The lowest BCUT2D eigenvalue weighted by Gasteiger charge is -2.32. The minimum atomic E-state index is -6.84. The summed E-state index contributed by atoms with van der Waals surface area (Å²) in [5.41, 5.74) is 0. The summed E-state index contributed by atoms with van der Waals surface area (Å²) < 4.78 is 148. The molecule has 0 aromatic carbocycles. The van der Waals surface area contributed by atoms with Crippen molar-refractivity contribution >= 4 is 22.1 Å². The number of carbonyl (C=O) groups excluding carboxylic acids is 2. The highest BCUT2D eigenvalue weighted by molar-refractivity contribution is 7.86. The maximum absolute atomic E-state index is 13.3. The average molecular weight is 481 g/mol. The third-order valence-corrected chi connectivity index (χ3v) is 3.98. The second-order valence-corrected chi connectivity index (χ2v) is 6.68. The van der Waals surface area contributed by atoms with E-state index in [-0.39, 0.29) is 0 Å². The summed E-state index contributed by atoms with van der Waals surface area (Å²) in [6, 6.07) is 0. The van der Waals surface area contributed by atoms with Gasteiger partial charge in [-0.25, -0.2) is 18.0 Å². The molecule has 0 amide bonds. The molecule has 17 heteroatoms. The Bertz CT molecular complexity index is 764. The first kappa shape index (κ1) is 28.0. The van der Waals surface area contributed by atoms with Gasteiger partial charge in [0, 0.05) is 6.42 Å². The highest BCUT2D eigenvalue weighted by Gasteiger charge is 2.68. The van der Waals surface area contributed by atoms with Crippen LogP contribution in [0, 0.1) is 0 Å². The van der Waals surface area contributed by atoms with Crippen LogP contribution in [0.3, 0.4) is 0 Å². The van der Waals surface area contributed by atoms with Crippen molar-refractivity contribution in [2.24, 2.45) is 0 Å². The van der Waals surface area contributed by atoms with Crippen LogP contribution in [-0.2, 0) is 33.9 Å². The Labute approximate surface area is 163 Å². The van der Waals surface area contributed by atoms with Gasteiger partial charge in [0.25, 0.3) is 0 Å². The number of hydrogen-bond acceptors (Lipinski definition) is 8. The Morgan fingerprint density at radius 2 is 1.57 bits per heavy atom. The largest absolute Gasteiger partial charge is 0.743 e. The Morgan fingerprint density at radius 3 is 1.93 bits per heavy atom. The summed E-state index contributed by atoms with van der Waals surface area (Å²) in [5, 5.41) is -6.11. The van der Waals surface area contributed by atoms with E-state index in [1.54, 1.807) is 0 Å². The Kier molecular flexibility index (Phi) is 8.79. The van der Waals surface area contributed by atoms with Crippen LogP contribution in [-0.4, -0.2) is 61.3 Å². The van der Waals surface area contributed by atoms with Gasteiger partial charge < -0.3 is 18.8 Å². The van der Waals surface area contributed by atoms with Crippen molar-refractivity contribution in [3.05, 3.63) is 12.4 Å². The molecule has 0 bridgehead atoms. The maximum Gasteiger partial charge on any atom is 0.468 e. The van der Waals surface area contributed by atoms with Crippen LogP contribution in [0.15, 0.2) is 12.4 Å². The number of rotatable bonds is 11. The predicted octanol–water partition coefficient (Wildman–Crippen LogP) is 2.40. The van der Waals surface area contributed by atoms with Crippen molar-refractivity contribution in [1.82, 2.24) is 0 Å². The van der Waals surface area contributed by atoms with E-state index in [1.165, 1.54) is 0 Å². The average Bonchev–Trinajstić information content (AvgIpc) is 2.55. The van der Waals surface area contributed by atoms with Crippen LogP contribution in [0.4, 0.5) is 35.1 Å². The molecule has 0 aliphatic carbocycles. The molecule has 0 heterocycles. The molecule has 176 valence electrons. The number of ether oxygens (including phenoxy) is 3. The smallest absolute Gasteiger partial charge is 0.468 e. The third-order valence-electron chi connectivity index (χ3n) is 3.06. The van der Waals surface area contributed by atoms with Gasteiger partial charge in [-0.2, -0.15) is 35.1 Å². The molecule has 0 rings (SSSR count). The Hall–Kier alpha value is -2.01. The minimum absolute atomic E-state index is 0.750. The highest BCUT2D eigenvalue weighted by atomic mass is 32.2. The molecular weight excluding hydrogens is 468 g/mol. The van der Waals surface area contributed by atoms with Gasteiger partial charge in [0.2, 0.25) is 5.83 Å². The molecule has 0 N–H and O–H groups in total. The molecule has 8 nitrogen and oxygen atoms in total. The van der Waals surface area contributed by atoms with Crippen molar-refractivity contribution in [2.75, 3.05) is 13.2 Å². The van der Waals surface area contributed by atoms with E-state index in [0.29, 0.717) is 0 Å². The van der Waals surface area contributed by atoms with Crippen molar-refractivity contribution in [1.29, 1.82) is 0 Å². The molecule has 1 unspecified atom stereocenters. The zero-order valence-electron chi connectivity index (χ0n) is 14.7. The van der Waals surface area contributed by atoms with Gasteiger partial charge in [-0.15, -0.1) is 0 Å². The van der Waals surface area contributed by atoms with Gasteiger partial charge in [-0.05, 0) is 13.3 Å². The highest BCUT2D eigenvalue weighted by Crippen LogP contribution is 2.42. The fourth-order valence-corrected chi connectivity index (χ4v) is 2.10. The summed E-state index contributed by atoms with van der Waals surface area (Å²) >= 11 is 0. The van der Waals surface area contributed by atoms with E-state index in [4.69, 9.17) is 0 Å². The van der Waals surface area contributed by atoms with E-state index >= 15 is 0 Å². The first-order valence-electron chi connectivity index (χ1n) is 7.43. The monoisotopic (exact) mass is 481 g/mol. The quantitative estimate of drug-likeness (QED) is 0.110. The zero-order valence-corrected chi connectivity index (χ0v) is 15.5. The van der Waals surface area contributed by atoms with Crippen LogP contribution in [0.2, 0.25) is 0 Å². The molecule has 0 aromatic heterocycles. The first-order valence-corrected chi connectivity index (χ1v) is 8.84. The molecule has 0 saturated carbocycles. The van der Waals surface area contributed by atoms with E-state index in [0.717, 1.165) is 6.92 Å². The van der Waals surface area contributed by atoms with Crippen molar-refractivity contribution in [2.45, 2.75) is 42.9 Å². The zero-order chi connectivity index (χ0) is 24.2. The van der Waals surface area contributed by atoms with Crippen LogP contribution in [0.5, 0.6) is 0 Å². The fraction of sp³-hybridized carbons (Fsp3) is 0.692. The van der Waals surface area contributed by atoms with Crippen molar-refractivity contribution < 1.29 is 71.9 Å². The lowest BCUT2D eigenvalue weighted by molar-refractivity contribution is -0.355. The third kappa shape index (κ3) is 6.00. The van der Waals surface area contributed by atoms with E-state index in [1.807, 2.05) is 0 Å². The van der Waals surface area contributed by atoms with Gasteiger partial charge in [-0.1, -0.05) is 6.58 Å². The number of halogens is 8. The molecular formula is C13H13F8O8S-. The summed E-state index contributed by atoms with van der Waals surface area (Å²) in [7, 11) is -6.84. The number of alkyl halides is 7. The summed E-state index contributed by atoms with van der Waals surface area (Å²) in [5.74, 6) is -17.3. The van der Waals surface area contributed by atoms with Crippen LogP contribution in [0.25, 0.3) is 0 Å². The number of hydrogen-bond donors (Lipinski definition) is 0. The number of esters is 2. The standard InChI is InChI=1S/C13H14F8O8S/c1-3-27-9(23)11(12(17,18)19,29-8(22)7(2)14)28-6-4-5-10(15,16)13(20,21)30(24,25)26/h2-6H2,1H3,(H,24,25,26)/p-1. The van der Waals surface area contributed by atoms with E-state index in [2.05, 4.69) is 20.8 Å². The fourth-order valence-electron chi connectivity index (χ4n) is 1.64. The second-order valence-electron chi connectivity index (χ2n) is 5.26. The summed E-state index contributed by atoms with van der Waals surface area (Å²) in [6.07, 6.45) is -9.69. The molecule has 0 spiro atoms. The topological polar surface area (TPSA) is 119 Å².